The molecule has 0 spiro atoms. The highest BCUT2D eigenvalue weighted by Gasteiger charge is 2.62. The van der Waals surface area contributed by atoms with Crippen LogP contribution >= 0.6 is 0 Å². The molecule has 2 bridgehead atoms. The molecule has 3 unspecified atom stereocenters. The quantitative estimate of drug-likeness (QED) is 0.775. The van der Waals surface area contributed by atoms with Crippen LogP contribution in [0.3, 0.4) is 0 Å². The number of hydrogen-bond donors (Lipinski definition) is 0. The van der Waals surface area contributed by atoms with Crippen molar-refractivity contribution in [3.8, 4) is 0 Å². The van der Waals surface area contributed by atoms with Crippen LogP contribution in [0.15, 0.2) is 24.3 Å². The van der Waals surface area contributed by atoms with E-state index in [1.165, 1.54) is 12.8 Å². The average Bonchev–Trinajstić information content (AvgIpc) is 2.74. The average molecular weight is 286 g/mol. The summed E-state index contributed by atoms with van der Waals surface area (Å²) in [4.78, 5) is 12.3. The Kier molecular flexibility index (Phi) is 3.38. The molecular weight excluding hydrogens is 260 g/mol. The van der Waals surface area contributed by atoms with Gasteiger partial charge in [0.15, 0.2) is 0 Å². The summed E-state index contributed by atoms with van der Waals surface area (Å²) in [6.45, 7) is 9.05. The molecule has 0 radical (unpaired) electrons. The van der Waals surface area contributed by atoms with Crippen molar-refractivity contribution in [1.82, 2.24) is 0 Å². The van der Waals surface area contributed by atoms with Gasteiger partial charge in [0, 0.05) is 5.41 Å². The summed E-state index contributed by atoms with van der Waals surface area (Å²) in [5.74, 6) is 0.637. The van der Waals surface area contributed by atoms with Gasteiger partial charge in [-0.15, -0.1) is 0 Å². The number of ether oxygens (including phenoxy) is 1. The summed E-state index contributed by atoms with van der Waals surface area (Å²) < 4.78 is 5.90. The summed E-state index contributed by atoms with van der Waals surface area (Å²) in [6, 6.07) is 8.05. The second kappa shape index (κ2) is 4.86. The van der Waals surface area contributed by atoms with Crippen molar-refractivity contribution in [3.05, 3.63) is 35.4 Å². The minimum absolute atomic E-state index is 0.0705. The zero-order valence-corrected chi connectivity index (χ0v) is 13.6. The van der Waals surface area contributed by atoms with E-state index < -0.39 is 0 Å². The number of aryl methyl sites for hydroxylation is 1. The molecule has 2 aliphatic rings. The fraction of sp³-hybridized carbons (Fsp3) is 0.632. The van der Waals surface area contributed by atoms with Gasteiger partial charge in [0.05, 0.1) is 6.42 Å². The highest BCUT2D eigenvalue weighted by molar-refractivity contribution is 5.73. The Balaban J connectivity index is 1.68. The molecule has 0 N–H and O–H groups in total. The third-order valence-electron chi connectivity index (χ3n) is 6.58. The zero-order chi connectivity index (χ0) is 15.3. The van der Waals surface area contributed by atoms with Gasteiger partial charge in [-0.25, -0.2) is 0 Å². The predicted molar refractivity (Wildman–Crippen MR) is 84.0 cm³/mol. The molecule has 2 fully saturated rings. The SMILES string of the molecule is Cc1ccccc1CC(=O)OC1CC2CCC1(C)C2(C)C. The Morgan fingerprint density at radius 1 is 1.29 bits per heavy atom. The van der Waals surface area contributed by atoms with Crippen LogP contribution in [0.4, 0.5) is 0 Å². The molecule has 21 heavy (non-hydrogen) atoms. The van der Waals surface area contributed by atoms with Gasteiger partial charge in [-0.2, -0.15) is 0 Å². The van der Waals surface area contributed by atoms with Crippen molar-refractivity contribution in [2.24, 2.45) is 16.7 Å². The Labute approximate surface area is 127 Å². The van der Waals surface area contributed by atoms with Crippen LogP contribution in [0.1, 0.15) is 51.2 Å². The molecular formula is C19H26O2. The summed E-state index contributed by atoms with van der Waals surface area (Å²) in [5.41, 5.74) is 2.68. The number of fused-ring (bicyclic) bond motifs is 2. The van der Waals surface area contributed by atoms with Crippen LogP contribution in [-0.2, 0) is 16.0 Å². The van der Waals surface area contributed by atoms with Crippen LogP contribution in [0, 0.1) is 23.7 Å². The van der Waals surface area contributed by atoms with Crippen LogP contribution in [0.5, 0.6) is 0 Å². The monoisotopic (exact) mass is 286 g/mol. The Bertz CT molecular complexity index is 560. The van der Waals surface area contributed by atoms with E-state index in [9.17, 15) is 4.79 Å². The van der Waals surface area contributed by atoms with Crippen molar-refractivity contribution in [2.45, 2.75) is 59.5 Å². The number of benzene rings is 1. The van der Waals surface area contributed by atoms with Gasteiger partial charge in [0.2, 0.25) is 0 Å². The first kappa shape index (κ1) is 14.6. The molecule has 3 rings (SSSR count). The Hall–Kier alpha value is -1.31. The lowest BCUT2D eigenvalue weighted by atomic mass is 9.70. The maximum absolute atomic E-state index is 12.3. The molecule has 2 heteroatoms. The summed E-state index contributed by atoms with van der Waals surface area (Å²) in [7, 11) is 0. The van der Waals surface area contributed by atoms with Crippen LogP contribution < -0.4 is 0 Å². The van der Waals surface area contributed by atoms with E-state index in [4.69, 9.17) is 4.74 Å². The fourth-order valence-corrected chi connectivity index (χ4v) is 4.47. The van der Waals surface area contributed by atoms with E-state index in [-0.39, 0.29) is 17.5 Å². The smallest absolute Gasteiger partial charge is 0.310 e. The van der Waals surface area contributed by atoms with Gasteiger partial charge in [-0.05, 0) is 48.6 Å². The van der Waals surface area contributed by atoms with E-state index in [2.05, 4.69) is 20.8 Å². The standard InChI is InChI=1S/C19H26O2/c1-13-7-5-6-8-14(13)11-17(20)21-16-12-15-9-10-19(16,4)18(15,2)3/h5-8,15-16H,9-12H2,1-4H3. The van der Waals surface area contributed by atoms with E-state index in [0.29, 0.717) is 17.8 Å². The lowest BCUT2D eigenvalue weighted by Gasteiger charge is -2.38. The molecule has 2 nitrogen and oxygen atoms in total. The number of rotatable bonds is 3. The second-order valence-electron chi connectivity index (χ2n) is 7.69. The molecule has 0 amide bonds. The minimum Gasteiger partial charge on any atom is -0.462 e. The van der Waals surface area contributed by atoms with E-state index in [1.54, 1.807) is 0 Å². The molecule has 0 heterocycles. The molecule has 0 aliphatic heterocycles. The van der Waals surface area contributed by atoms with Gasteiger partial charge in [0.25, 0.3) is 0 Å². The largest absolute Gasteiger partial charge is 0.462 e. The number of carbonyl (C=O) groups excluding carboxylic acids is 1. The summed E-state index contributed by atoms with van der Waals surface area (Å²) >= 11 is 0. The van der Waals surface area contributed by atoms with Crippen LogP contribution in [0.25, 0.3) is 0 Å². The number of carbonyl (C=O) groups is 1. The van der Waals surface area contributed by atoms with Gasteiger partial charge < -0.3 is 4.74 Å². The van der Waals surface area contributed by atoms with Crippen molar-refractivity contribution in [3.63, 3.8) is 0 Å². The lowest BCUT2D eigenvalue weighted by molar-refractivity contribution is -0.156. The van der Waals surface area contributed by atoms with Gasteiger partial charge in [-0.3, -0.25) is 4.79 Å². The number of esters is 1. The molecule has 1 aromatic rings. The third kappa shape index (κ3) is 2.20. The molecule has 0 aromatic heterocycles. The third-order valence-corrected chi connectivity index (χ3v) is 6.58. The first-order valence-corrected chi connectivity index (χ1v) is 8.08. The molecule has 2 aliphatic carbocycles. The van der Waals surface area contributed by atoms with E-state index in [1.807, 2.05) is 31.2 Å². The second-order valence-corrected chi connectivity index (χ2v) is 7.69. The van der Waals surface area contributed by atoms with E-state index in [0.717, 1.165) is 17.5 Å². The van der Waals surface area contributed by atoms with Crippen molar-refractivity contribution in [2.75, 3.05) is 0 Å². The van der Waals surface area contributed by atoms with Crippen LogP contribution in [0.2, 0.25) is 0 Å². The summed E-state index contributed by atoms with van der Waals surface area (Å²) in [6.07, 6.45) is 4.01. The molecule has 0 saturated heterocycles. The Morgan fingerprint density at radius 3 is 2.57 bits per heavy atom. The maximum atomic E-state index is 12.3. The normalized spacial score (nSPS) is 33.1. The van der Waals surface area contributed by atoms with Crippen molar-refractivity contribution in [1.29, 1.82) is 0 Å². The molecule has 2 saturated carbocycles. The van der Waals surface area contributed by atoms with Crippen molar-refractivity contribution >= 4 is 5.97 Å². The first-order chi connectivity index (χ1) is 9.84. The number of hydrogen-bond acceptors (Lipinski definition) is 2. The highest BCUT2D eigenvalue weighted by atomic mass is 16.5. The molecule has 1 aromatic carbocycles. The van der Waals surface area contributed by atoms with Crippen LogP contribution in [-0.4, -0.2) is 12.1 Å². The predicted octanol–water partition coefficient (Wildman–Crippen LogP) is 4.30. The zero-order valence-electron chi connectivity index (χ0n) is 13.6. The Morgan fingerprint density at radius 2 is 2.00 bits per heavy atom. The lowest BCUT2D eigenvalue weighted by Crippen LogP contribution is -2.38. The minimum atomic E-state index is -0.0705. The maximum Gasteiger partial charge on any atom is 0.310 e. The molecule has 3 atom stereocenters. The van der Waals surface area contributed by atoms with Gasteiger partial charge in [-0.1, -0.05) is 45.0 Å². The van der Waals surface area contributed by atoms with E-state index >= 15 is 0 Å². The molecule has 114 valence electrons. The van der Waals surface area contributed by atoms with Gasteiger partial charge >= 0.3 is 5.97 Å². The van der Waals surface area contributed by atoms with Crippen molar-refractivity contribution < 1.29 is 9.53 Å². The topological polar surface area (TPSA) is 26.3 Å². The first-order valence-electron chi connectivity index (χ1n) is 8.08. The highest BCUT2D eigenvalue weighted by Crippen LogP contribution is 2.66. The summed E-state index contributed by atoms with van der Waals surface area (Å²) in [5, 5.41) is 0. The fourth-order valence-electron chi connectivity index (χ4n) is 4.47. The van der Waals surface area contributed by atoms with Gasteiger partial charge in [0.1, 0.15) is 6.10 Å².